The maximum Gasteiger partial charge on any atom is 0.0848 e. The summed E-state index contributed by atoms with van der Waals surface area (Å²) in [6, 6.07) is 0.487. The highest BCUT2D eigenvalue weighted by molar-refractivity contribution is 6.21. The standard InChI is InChI=1S/C10H16ClNO/c11-9-4-1-5-10(9)12-6-2-3-8(13)7-12/h2-3,8-10,13H,1,4-7H2. The van der Waals surface area contributed by atoms with Crippen molar-refractivity contribution in [1.82, 2.24) is 4.90 Å². The lowest BCUT2D eigenvalue weighted by molar-refractivity contribution is 0.116. The molecule has 0 bridgehead atoms. The van der Waals surface area contributed by atoms with Crippen LogP contribution in [0.4, 0.5) is 0 Å². The molecular weight excluding hydrogens is 186 g/mol. The summed E-state index contributed by atoms with van der Waals surface area (Å²) >= 11 is 6.21. The number of hydrogen-bond acceptors (Lipinski definition) is 2. The minimum atomic E-state index is -0.293. The Morgan fingerprint density at radius 1 is 1.38 bits per heavy atom. The summed E-state index contributed by atoms with van der Waals surface area (Å²) in [5, 5.41) is 9.75. The number of hydrogen-bond donors (Lipinski definition) is 1. The van der Waals surface area contributed by atoms with Crippen molar-refractivity contribution in [3.63, 3.8) is 0 Å². The Morgan fingerprint density at radius 3 is 2.85 bits per heavy atom. The molecule has 0 saturated heterocycles. The van der Waals surface area contributed by atoms with Crippen LogP contribution >= 0.6 is 11.6 Å². The SMILES string of the molecule is OC1C=CCN(C2CCCC2Cl)C1. The van der Waals surface area contributed by atoms with Crippen molar-refractivity contribution in [3.05, 3.63) is 12.2 Å². The van der Waals surface area contributed by atoms with Gasteiger partial charge in [0.15, 0.2) is 0 Å². The Hall–Kier alpha value is -0.0500. The maximum atomic E-state index is 9.45. The lowest BCUT2D eigenvalue weighted by Crippen LogP contribution is -2.44. The van der Waals surface area contributed by atoms with Crippen molar-refractivity contribution in [2.75, 3.05) is 13.1 Å². The van der Waals surface area contributed by atoms with Crippen molar-refractivity contribution < 1.29 is 5.11 Å². The molecule has 1 aliphatic heterocycles. The molecule has 0 radical (unpaired) electrons. The van der Waals surface area contributed by atoms with E-state index in [-0.39, 0.29) is 6.10 Å². The van der Waals surface area contributed by atoms with E-state index in [1.807, 2.05) is 12.2 Å². The summed E-state index contributed by atoms with van der Waals surface area (Å²) < 4.78 is 0. The molecule has 1 heterocycles. The van der Waals surface area contributed by atoms with Crippen LogP contribution in [-0.2, 0) is 0 Å². The number of aliphatic hydroxyl groups is 1. The van der Waals surface area contributed by atoms with Gasteiger partial charge in [-0.2, -0.15) is 0 Å². The summed E-state index contributed by atoms with van der Waals surface area (Å²) in [4.78, 5) is 2.30. The molecule has 0 amide bonds. The zero-order valence-corrected chi connectivity index (χ0v) is 8.45. The van der Waals surface area contributed by atoms with Crippen molar-refractivity contribution >= 4 is 11.6 Å². The molecule has 0 aromatic carbocycles. The Bertz CT molecular complexity index is 207. The summed E-state index contributed by atoms with van der Waals surface area (Å²) in [5.41, 5.74) is 0. The Labute approximate surface area is 84.2 Å². The molecule has 2 rings (SSSR count). The Morgan fingerprint density at radius 2 is 2.23 bits per heavy atom. The van der Waals surface area contributed by atoms with Crippen LogP contribution in [0, 0.1) is 0 Å². The average Bonchev–Trinajstić information content (AvgIpc) is 2.51. The predicted molar refractivity (Wildman–Crippen MR) is 54.0 cm³/mol. The van der Waals surface area contributed by atoms with Gasteiger partial charge >= 0.3 is 0 Å². The molecule has 1 fully saturated rings. The molecule has 3 atom stereocenters. The topological polar surface area (TPSA) is 23.5 Å². The molecule has 1 N–H and O–H groups in total. The first kappa shape index (κ1) is 9.50. The van der Waals surface area contributed by atoms with Crippen LogP contribution in [0.2, 0.25) is 0 Å². The molecular formula is C10H16ClNO. The molecule has 13 heavy (non-hydrogen) atoms. The minimum absolute atomic E-state index is 0.290. The lowest BCUT2D eigenvalue weighted by Gasteiger charge is -2.33. The van der Waals surface area contributed by atoms with E-state index in [2.05, 4.69) is 4.90 Å². The van der Waals surface area contributed by atoms with E-state index >= 15 is 0 Å². The first-order valence-electron chi connectivity index (χ1n) is 5.00. The van der Waals surface area contributed by atoms with Gasteiger partial charge in [0.1, 0.15) is 0 Å². The van der Waals surface area contributed by atoms with Gasteiger partial charge in [-0.15, -0.1) is 11.6 Å². The largest absolute Gasteiger partial charge is 0.388 e. The fraction of sp³-hybridized carbons (Fsp3) is 0.800. The van der Waals surface area contributed by atoms with Gasteiger partial charge in [-0.25, -0.2) is 0 Å². The van der Waals surface area contributed by atoms with Gasteiger partial charge in [0.2, 0.25) is 0 Å². The van der Waals surface area contributed by atoms with Crippen LogP contribution in [0.15, 0.2) is 12.2 Å². The summed E-state index contributed by atoms with van der Waals surface area (Å²) in [5.74, 6) is 0. The fourth-order valence-corrected chi connectivity index (χ4v) is 2.75. The first-order valence-corrected chi connectivity index (χ1v) is 5.44. The van der Waals surface area contributed by atoms with Crippen LogP contribution in [0.1, 0.15) is 19.3 Å². The second kappa shape index (κ2) is 3.99. The molecule has 1 saturated carbocycles. The third kappa shape index (κ3) is 2.06. The molecule has 74 valence electrons. The van der Waals surface area contributed by atoms with Crippen LogP contribution in [-0.4, -0.2) is 40.6 Å². The van der Waals surface area contributed by atoms with Gasteiger partial charge in [0.25, 0.3) is 0 Å². The van der Waals surface area contributed by atoms with E-state index in [9.17, 15) is 5.11 Å². The van der Waals surface area contributed by atoms with Crippen LogP contribution < -0.4 is 0 Å². The van der Waals surface area contributed by atoms with E-state index < -0.39 is 0 Å². The molecule has 2 nitrogen and oxygen atoms in total. The number of rotatable bonds is 1. The van der Waals surface area contributed by atoms with Gasteiger partial charge in [0, 0.05) is 24.5 Å². The first-order chi connectivity index (χ1) is 6.27. The molecule has 0 aromatic heterocycles. The second-order valence-corrected chi connectivity index (χ2v) is 4.52. The zero-order chi connectivity index (χ0) is 9.26. The Kier molecular flexibility index (Phi) is 2.92. The van der Waals surface area contributed by atoms with Gasteiger partial charge in [0.05, 0.1) is 6.10 Å². The van der Waals surface area contributed by atoms with Crippen molar-refractivity contribution in [3.8, 4) is 0 Å². The number of alkyl halides is 1. The van der Waals surface area contributed by atoms with Crippen molar-refractivity contribution in [1.29, 1.82) is 0 Å². The molecule has 0 spiro atoms. The van der Waals surface area contributed by atoms with Crippen molar-refractivity contribution in [2.24, 2.45) is 0 Å². The van der Waals surface area contributed by atoms with Gasteiger partial charge in [-0.3, -0.25) is 4.90 Å². The van der Waals surface area contributed by atoms with E-state index in [1.54, 1.807) is 0 Å². The predicted octanol–water partition coefficient (Wildman–Crippen LogP) is 1.38. The Balaban J connectivity index is 1.96. The smallest absolute Gasteiger partial charge is 0.0848 e. The quantitative estimate of drug-likeness (QED) is 0.512. The zero-order valence-electron chi connectivity index (χ0n) is 7.69. The normalized spacial score (nSPS) is 41.2. The maximum absolute atomic E-state index is 9.45. The average molecular weight is 202 g/mol. The van der Waals surface area contributed by atoms with Crippen LogP contribution in [0.25, 0.3) is 0 Å². The third-order valence-corrected chi connectivity index (χ3v) is 3.50. The van der Waals surface area contributed by atoms with E-state index in [0.29, 0.717) is 11.4 Å². The fourth-order valence-electron chi connectivity index (χ4n) is 2.31. The molecule has 1 aliphatic carbocycles. The summed E-state index contributed by atoms with van der Waals surface area (Å²) in [6.07, 6.45) is 7.16. The molecule has 0 aromatic rings. The van der Waals surface area contributed by atoms with E-state index in [4.69, 9.17) is 11.6 Å². The number of aliphatic hydroxyl groups excluding tert-OH is 1. The number of nitrogens with zero attached hydrogens (tertiary/aromatic N) is 1. The molecule has 2 aliphatic rings. The summed E-state index contributed by atoms with van der Waals surface area (Å²) in [6.45, 7) is 1.70. The van der Waals surface area contributed by atoms with Gasteiger partial charge in [-0.05, 0) is 12.8 Å². The van der Waals surface area contributed by atoms with E-state index in [0.717, 1.165) is 19.5 Å². The van der Waals surface area contributed by atoms with Gasteiger partial charge < -0.3 is 5.11 Å². The number of halogens is 1. The highest BCUT2D eigenvalue weighted by Crippen LogP contribution is 2.29. The number of β-amino-alcohol motifs (C(OH)–C–C–N with tert-alkyl or cyclic N) is 1. The highest BCUT2D eigenvalue weighted by Gasteiger charge is 2.31. The lowest BCUT2D eigenvalue weighted by atomic mass is 10.1. The van der Waals surface area contributed by atoms with Crippen LogP contribution in [0.3, 0.4) is 0 Å². The molecule has 3 unspecified atom stereocenters. The summed E-state index contributed by atoms with van der Waals surface area (Å²) in [7, 11) is 0. The monoisotopic (exact) mass is 201 g/mol. The van der Waals surface area contributed by atoms with Crippen molar-refractivity contribution in [2.45, 2.75) is 36.8 Å². The highest BCUT2D eigenvalue weighted by atomic mass is 35.5. The minimum Gasteiger partial charge on any atom is -0.388 e. The second-order valence-electron chi connectivity index (χ2n) is 3.96. The van der Waals surface area contributed by atoms with Gasteiger partial charge in [-0.1, -0.05) is 18.6 Å². The molecule has 3 heteroatoms. The third-order valence-electron chi connectivity index (χ3n) is 2.99. The van der Waals surface area contributed by atoms with Crippen LogP contribution in [0.5, 0.6) is 0 Å². The van der Waals surface area contributed by atoms with E-state index in [1.165, 1.54) is 12.8 Å².